The second kappa shape index (κ2) is 6.19. The van der Waals surface area contributed by atoms with Crippen LogP contribution in [0.15, 0.2) is 0 Å². The van der Waals surface area contributed by atoms with E-state index >= 15 is 0 Å². The molecule has 2 rings (SSSR count). The van der Waals surface area contributed by atoms with Gasteiger partial charge < -0.3 is 10.6 Å². The van der Waals surface area contributed by atoms with Gasteiger partial charge in [0, 0.05) is 18.6 Å². The third-order valence-corrected chi connectivity index (χ3v) is 5.00. The quantitative estimate of drug-likeness (QED) is 0.819. The third kappa shape index (κ3) is 3.69. The second-order valence-corrected chi connectivity index (χ2v) is 6.56. The van der Waals surface area contributed by atoms with Crippen molar-refractivity contribution in [3.05, 3.63) is 0 Å². The molecule has 2 saturated carbocycles. The normalized spacial score (nSPS) is 39.5. The molecule has 2 heteroatoms. The van der Waals surface area contributed by atoms with Crippen molar-refractivity contribution in [2.24, 2.45) is 17.6 Å². The van der Waals surface area contributed by atoms with Crippen LogP contribution in [0.5, 0.6) is 0 Å². The number of hydrogen-bond acceptors (Lipinski definition) is 2. The summed E-state index contributed by atoms with van der Waals surface area (Å²) in [5.74, 6) is 1.75. The first-order valence-electron chi connectivity index (χ1n) is 7.62. The molecule has 0 amide bonds. The maximum Gasteiger partial charge on any atom is 0.0118 e. The SMILES string of the molecule is CC1CCCCC1N(C)CC1CCCC(N)C1. The van der Waals surface area contributed by atoms with Crippen LogP contribution in [0.2, 0.25) is 0 Å². The van der Waals surface area contributed by atoms with E-state index in [1.165, 1.54) is 57.9 Å². The number of rotatable bonds is 3. The molecule has 0 bridgehead atoms. The summed E-state index contributed by atoms with van der Waals surface area (Å²) in [5, 5.41) is 0. The standard InChI is InChI=1S/C15H30N2/c1-12-6-3-4-9-15(12)17(2)11-13-7-5-8-14(16)10-13/h12-15H,3-11,16H2,1-2H3. The Morgan fingerprint density at radius 1 is 1.06 bits per heavy atom. The van der Waals surface area contributed by atoms with Gasteiger partial charge in [0.25, 0.3) is 0 Å². The summed E-state index contributed by atoms with van der Waals surface area (Å²) < 4.78 is 0. The fourth-order valence-corrected chi connectivity index (χ4v) is 3.99. The monoisotopic (exact) mass is 238 g/mol. The minimum absolute atomic E-state index is 0.478. The maximum absolute atomic E-state index is 6.09. The van der Waals surface area contributed by atoms with Gasteiger partial charge in [-0.25, -0.2) is 0 Å². The molecule has 0 aromatic rings. The molecule has 2 aliphatic rings. The van der Waals surface area contributed by atoms with Crippen molar-refractivity contribution in [3.63, 3.8) is 0 Å². The van der Waals surface area contributed by atoms with Gasteiger partial charge in [0.1, 0.15) is 0 Å². The van der Waals surface area contributed by atoms with Gasteiger partial charge in [-0.15, -0.1) is 0 Å². The topological polar surface area (TPSA) is 29.3 Å². The van der Waals surface area contributed by atoms with Crippen LogP contribution < -0.4 is 5.73 Å². The minimum Gasteiger partial charge on any atom is -0.328 e. The molecule has 0 spiro atoms. The highest BCUT2D eigenvalue weighted by Gasteiger charge is 2.27. The zero-order valence-electron chi connectivity index (χ0n) is 11.7. The summed E-state index contributed by atoms with van der Waals surface area (Å²) in [6.07, 6.45) is 11.0. The van der Waals surface area contributed by atoms with Crippen molar-refractivity contribution in [2.45, 2.75) is 70.4 Å². The molecular weight excluding hydrogens is 208 g/mol. The smallest absolute Gasteiger partial charge is 0.0118 e. The molecule has 17 heavy (non-hydrogen) atoms. The Kier molecular flexibility index (Phi) is 4.87. The second-order valence-electron chi connectivity index (χ2n) is 6.56. The summed E-state index contributed by atoms with van der Waals surface area (Å²) >= 11 is 0. The van der Waals surface area contributed by atoms with Gasteiger partial charge in [-0.05, 0) is 51.0 Å². The fourth-order valence-electron chi connectivity index (χ4n) is 3.99. The lowest BCUT2D eigenvalue weighted by atomic mass is 9.82. The Labute approximate surface area is 107 Å². The molecule has 4 unspecified atom stereocenters. The first kappa shape index (κ1) is 13.4. The molecular formula is C15H30N2. The van der Waals surface area contributed by atoms with Crippen molar-refractivity contribution < 1.29 is 0 Å². The first-order chi connectivity index (χ1) is 8.16. The Morgan fingerprint density at radius 2 is 1.82 bits per heavy atom. The lowest BCUT2D eigenvalue weighted by Gasteiger charge is -2.39. The van der Waals surface area contributed by atoms with Gasteiger partial charge in [-0.3, -0.25) is 0 Å². The summed E-state index contributed by atoms with van der Waals surface area (Å²) in [5.41, 5.74) is 6.09. The average Bonchev–Trinajstić information content (AvgIpc) is 2.29. The van der Waals surface area contributed by atoms with Crippen molar-refractivity contribution in [1.29, 1.82) is 0 Å². The molecule has 2 N–H and O–H groups in total. The van der Waals surface area contributed by atoms with Crippen LogP contribution in [-0.2, 0) is 0 Å². The summed E-state index contributed by atoms with van der Waals surface area (Å²) in [6, 6.07) is 1.31. The molecule has 0 saturated heterocycles. The Morgan fingerprint density at radius 3 is 2.53 bits per heavy atom. The van der Waals surface area contributed by atoms with Gasteiger partial charge in [0.15, 0.2) is 0 Å². The lowest BCUT2D eigenvalue weighted by molar-refractivity contribution is 0.109. The van der Waals surface area contributed by atoms with Gasteiger partial charge in [-0.2, -0.15) is 0 Å². The van der Waals surface area contributed by atoms with Gasteiger partial charge in [0.2, 0.25) is 0 Å². The van der Waals surface area contributed by atoms with Crippen LogP contribution in [0, 0.1) is 11.8 Å². The Balaban J connectivity index is 1.80. The fraction of sp³-hybridized carbons (Fsp3) is 1.00. The molecule has 2 fully saturated rings. The molecule has 2 nitrogen and oxygen atoms in total. The van der Waals surface area contributed by atoms with E-state index in [0.717, 1.165) is 17.9 Å². The minimum atomic E-state index is 0.478. The van der Waals surface area contributed by atoms with Crippen LogP contribution in [0.1, 0.15) is 58.3 Å². The lowest BCUT2D eigenvalue weighted by Crippen LogP contribution is -2.43. The van der Waals surface area contributed by atoms with E-state index in [4.69, 9.17) is 5.73 Å². The third-order valence-electron chi connectivity index (χ3n) is 5.00. The van der Waals surface area contributed by atoms with Crippen LogP contribution in [-0.4, -0.2) is 30.6 Å². The predicted octanol–water partition coefficient (Wildman–Crippen LogP) is 3.01. The van der Waals surface area contributed by atoms with Crippen molar-refractivity contribution in [3.8, 4) is 0 Å². The van der Waals surface area contributed by atoms with Gasteiger partial charge in [0.05, 0.1) is 0 Å². The highest BCUT2D eigenvalue weighted by molar-refractivity contribution is 4.83. The number of nitrogens with two attached hydrogens (primary N) is 1. The van der Waals surface area contributed by atoms with Crippen LogP contribution >= 0.6 is 0 Å². The highest BCUT2D eigenvalue weighted by Crippen LogP contribution is 2.30. The summed E-state index contributed by atoms with van der Waals surface area (Å²) in [4.78, 5) is 2.65. The van der Waals surface area contributed by atoms with Gasteiger partial charge in [-0.1, -0.05) is 26.2 Å². The van der Waals surface area contributed by atoms with Crippen molar-refractivity contribution >= 4 is 0 Å². The summed E-state index contributed by atoms with van der Waals surface area (Å²) in [6.45, 7) is 3.72. The van der Waals surface area contributed by atoms with Crippen LogP contribution in [0.3, 0.4) is 0 Å². The molecule has 4 atom stereocenters. The molecule has 2 aliphatic carbocycles. The Hall–Kier alpha value is -0.0800. The van der Waals surface area contributed by atoms with E-state index in [2.05, 4.69) is 18.9 Å². The molecule has 0 radical (unpaired) electrons. The van der Waals surface area contributed by atoms with Crippen molar-refractivity contribution in [2.75, 3.05) is 13.6 Å². The van der Waals surface area contributed by atoms with Crippen molar-refractivity contribution in [1.82, 2.24) is 4.90 Å². The predicted molar refractivity (Wildman–Crippen MR) is 74.0 cm³/mol. The molecule has 0 aromatic carbocycles. The number of hydrogen-bond donors (Lipinski definition) is 1. The zero-order chi connectivity index (χ0) is 12.3. The largest absolute Gasteiger partial charge is 0.328 e. The highest BCUT2D eigenvalue weighted by atomic mass is 15.1. The number of nitrogens with zero attached hydrogens (tertiary/aromatic N) is 1. The van der Waals surface area contributed by atoms with E-state index in [1.807, 2.05) is 0 Å². The summed E-state index contributed by atoms with van der Waals surface area (Å²) in [7, 11) is 2.34. The first-order valence-corrected chi connectivity index (χ1v) is 7.62. The average molecular weight is 238 g/mol. The Bertz CT molecular complexity index is 229. The van der Waals surface area contributed by atoms with E-state index in [-0.39, 0.29) is 0 Å². The van der Waals surface area contributed by atoms with E-state index < -0.39 is 0 Å². The van der Waals surface area contributed by atoms with E-state index in [0.29, 0.717) is 6.04 Å². The molecule has 0 heterocycles. The van der Waals surface area contributed by atoms with Crippen LogP contribution in [0.25, 0.3) is 0 Å². The molecule has 100 valence electrons. The zero-order valence-corrected chi connectivity index (χ0v) is 11.7. The van der Waals surface area contributed by atoms with Gasteiger partial charge >= 0.3 is 0 Å². The molecule has 0 aromatic heterocycles. The van der Waals surface area contributed by atoms with E-state index in [1.54, 1.807) is 0 Å². The maximum atomic E-state index is 6.09. The van der Waals surface area contributed by atoms with E-state index in [9.17, 15) is 0 Å². The van der Waals surface area contributed by atoms with Crippen LogP contribution in [0.4, 0.5) is 0 Å². The molecule has 0 aliphatic heterocycles.